The molecule has 0 radical (unpaired) electrons. The van der Waals surface area contributed by atoms with Gasteiger partial charge in [0, 0.05) is 11.8 Å². The molecule has 0 bridgehead atoms. The number of hydrogen-bond donors (Lipinski definition) is 3. The lowest BCUT2D eigenvalue weighted by molar-refractivity contribution is -0.206. The van der Waals surface area contributed by atoms with Gasteiger partial charge < -0.3 is 20.1 Å². The third-order valence-corrected chi connectivity index (χ3v) is 9.23. The summed E-state index contributed by atoms with van der Waals surface area (Å²) in [5, 5.41) is 30.9. The SMILES string of the molecule is CC(O)C(=O)O[C@]1(C(=O)CO)CC[C@H]2[C@@H]3CCC4=CC(=O)CC[C@]4(C)[C@H]3[C@@H](O)C[C@@]21C. The average Bonchev–Trinajstić information content (AvgIpc) is 3.00. The highest BCUT2D eigenvalue weighted by Crippen LogP contribution is 2.68. The van der Waals surface area contributed by atoms with Gasteiger partial charge in [-0.25, -0.2) is 4.79 Å². The van der Waals surface area contributed by atoms with Crippen molar-refractivity contribution >= 4 is 17.5 Å². The Morgan fingerprint density at radius 3 is 2.58 bits per heavy atom. The zero-order valence-electron chi connectivity index (χ0n) is 18.6. The molecule has 3 saturated carbocycles. The fourth-order valence-electron chi connectivity index (χ4n) is 7.74. The van der Waals surface area contributed by atoms with Crippen LogP contribution < -0.4 is 0 Å². The van der Waals surface area contributed by atoms with Gasteiger partial charge in [0.1, 0.15) is 12.7 Å². The van der Waals surface area contributed by atoms with Gasteiger partial charge >= 0.3 is 5.97 Å². The molecule has 3 N–H and O–H groups in total. The minimum absolute atomic E-state index is 0.0221. The summed E-state index contributed by atoms with van der Waals surface area (Å²) in [5.74, 6) is -1.16. The third kappa shape index (κ3) is 3.07. The minimum Gasteiger partial charge on any atom is -0.448 e. The molecule has 0 saturated heterocycles. The maximum Gasteiger partial charge on any atom is 0.335 e. The zero-order chi connectivity index (χ0) is 22.8. The van der Waals surface area contributed by atoms with Gasteiger partial charge in [-0.2, -0.15) is 0 Å². The van der Waals surface area contributed by atoms with E-state index < -0.39 is 41.6 Å². The van der Waals surface area contributed by atoms with Crippen molar-refractivity contribution in [1.29, 1.82) is 0 Å². The van der Waals surface area contributed by atoms with E-state index in [0.29, 0.717) is 12.8 Å². The van der Waals surface area contributed by atoms with E-state index in [4.69, 9.17) is 4.74 Å². The Morgan fingerprint density at radius 1 is 1.23 bits per heavy atom. The zero-order valence-corrected chi connectivity index (χ0v) is 18.6. The Kier molecular flexibility index (Phi) is 5.47. The second-order valence-corrected chi connectivity index (χ2v) is 10.6. The predicted octanol–water partition coefficient (Wildman–Crippen LogP) is 1.71. The lowest BCUT2D eigenvalue weighted by atomic mass is 9.45. The van der Waals surface area contributed by atoms with E-state index in [1.807, 2.05) is 6.92 Å². The van der Waals surface area contributed by atoms with Gasteiger partial charge in [0.2, 0.25) is 5.78 Å². The van der Waals surface area contributed by atoms with Crippen LogP contribution in [0.2, 0.25) is 0 Å². The molecule has 4 rings (SSSR count). The number of aliphatic hydroxyl groups is 3. The highest BCUT2D eigenvalue weighted by atomic mass is 16.6. The van der Waals surface area contributed by atoms with Crippen molar-refractivity contribution < 1.29 is 34.4 Å². The van der Waals surface area contributed by atoms with E-state index in [2.05, 4.69) is 6.92 Å². The summed E-state index contributed by atoms with van der Waals surface area (Å²) in [5.41, 5.74) is -1.50. The Bertz CT molecular complexity index is 832. The molecule has 4 aliphatic rings. The highest BCUT2D eigenvalue weighted by Gasteiger charge is 2.70. The van der Waals surface area contributed by atoms with Gasteiger partial charge in [-0.1, -0.05) is 19.4 Å². The molecule has 0 aromatic carbocycles. The summed E-state index contributed by atoms with van der Waals surface area (Å²) in [7, 11) is 0. The van der Waals surface area contributed by atoms with Gasteiger partial charge in [0.15, 0.2) is 11.4 Å². The Morgan fingerprint density at radius 2 is 1.94 bits per heavy atom. The molecule has 7 nitrogen and oxygen atoms in total. The monoisotopic (exact) mass is 434 g/mol. The van der Waals surface area contributed by atoms with Crippen molar-refractivity contribution in [2.75, 3.05) is 6.61 Å². The van der Waals surface area contributed by atoms with Crippen LogP contribution in [-0.2, 0) is 19.1 Å². The minimum atomic E-state index is -1.55. The third-order valence-electron chi connectivity index (χ3n) is 9.23. The maximum atomic E-state index is 13.0. The van der Waals surface area contributed by atoms with Crippen molar-refractivity contribution in [3.63, 3.8) is 0 Å². The number of rotatable bonds is 4. The number of aliphatic hydroxyl groups excluding tert-OH is 3. The van der Waals surface area contributed by atoms with Crippen molar-refractivity contribution in [2.45, 2.75) is 83.5 Å². The van der Waals surface area contributed by atoms with E-state index in [0.717, 1.165) is 24.8 Å². The topological polar surface area (TPSA) is 121 Å². The molecule has 0 heterocycles. The number of ketones is 2. The van der Waals surface area contributed by atoms with Gasteiger partial charge in [0.25, 0.3) is 0 Å². The molecule has 0 spiro atoms. The van der Waals surface area contributed by atoms with Crippen LogP contribution in [0.3, 0.4) is 0 Å². The molecule has 0 aromatic heterocycles. The summed E-state index contributed by atoms with van der Waals surface area (Å²) < 4.78 is 5.69. The van der Waals surface area contributed by atoms with Gasteiger partial charge in [-0.3, -0.25) is 9.59 Å². The average molecular weight is 435 g/mol. The smallest absolute Gasteiger partial charge is 0.335 e. The fraction of sp³-hybridized carbons (Fsp3) is 0.792. The molecule has 7 heteroatoms. The van der Waals surface area contributed by atoms with Crippen LogP contribution in [0.5, 0.6) is 0 Å². The summed E-state index contributed by atoms with van der Waals surface area (Å²) in [6, 6.07) is 0. The first-order valence-electron chi connectivity index (χ1n) is 11.5. The van der Waals surface area contributed by atoms with Crippen LogP contribution in [0.25, 0.3) is 0 Å². The molecule has 1 unspecified atom stereocenters. The van der Waals surface area contributed by atoms with Crippen LogP contribution in [0.1, 0.15) is 65.7 Å². The van der Waals surface area contributed by atoms with E-state index in [-0.39, 0.29) is 41.8 Å². The summed E-state index contributed by atoms with van der Waals surface area (Å²) >= 11 is 0. The largest absolute Gasteiger partial charge is 0.448 e. The second-order valence-electron chi connectivity index (χ2n) is 10.6. The molecule has 4 aliphatic carbocycles. The predicted molar refractivity (Wildman–Crippen MR) is 111 cm³/mol. The number of carbonyl (C=O) groups excluding carboxylic acids is 3. The standard InChI is InChI=1S/C24H34O7/c1-13(26)21(30)31-24(19(29)12-25)9-7-17-16-5-4-14-10-15(27)6-8-22(14,2)20(16)18(28)11-23(17,24)3/h10,13,16-18,20,25-26,28H,4-9,11-12H2,1-3H3/t13?,16-,17-,18-,20+,22-,23-,24-/m0/s1. The molecule has 0 aliphatic heterocycles. The van der Waals surface area contributed by atoms with Crippen LogP contribution in [0.15, 0.2) is 11.6 Å². The maximum absolute atomic E-state index is 13.0. The Balaban J connectivity index is 1.74. The van der Waals surface area contributed by atoms with Crippen LogP contribution in [-0.4, -0.2) is 57.3 Å². The number of hydrogen-bond acceptors (Lipinski definition) is 7. The number of fused-ring (bicyclic) bond motifs is 5. The van der Waals surface area contributed by atoms with Gasteiger partial charge in [-0.15, -0.1) is 0 Å². The van der Waals surface area contributed by atoms with E-state index in [9.17, 15) is 29.7 Å². The van der Waals surface area contributed by atoms with Crippen LogP contribution in [0, 0.1) is 28.6 Å². The number of esters is 1. The number of ether oxygens (including phenoxy) is 1. The first-order valence-corrected chi connectivity index (χ1v) is 11.5. The molecular weight excluding hydrogens is 400 g/mol. The van der Waals surface area contributed by atoms with E-state index >= 15 is 0 Å². The summed E-state index contributed by atoms with van der Waals surface area (Å²) in [6.07, 6.45) is 3.68. The van der Waals surface area contributed by atoms with Crippen molar-refractivity contribution in [1.82, 2.24) is 0 Å². The van der Waals surface area contributed by atoms with E-state index in [1.54, 1.807) is 6.08 Å². The van der Waals surface area contributed by atoms with Crippen molar-refractivity contribution in [3.8, 4) is 0 Å². The summed E-state index contributed by atoms with van der Waals surface area (Å²) in [4.78, 5) is 37.4. The summed E-state index contributed by atoms with van der Waals surface area (Å²) in [6.45, 7) is 4.58. The van der Waals surface area contributed by atoms with Crippen molar-refractivity contribution in [2.24, 2.45) is 28.6 Å². The highest BCUT2D eigenvalue weighted by molar-refractivity contribution is 5.93. The molecular formula is C24H34O7. The number of allylic oxidation sites excluding steroid dienone is 1. The molecule has 0 aromatic rings. The van der Waals surface area contributed by atoms with E-state index in [1.165, 1.54) is 6.92 Å². The lowest BCUT2D eigenvalue weighted by Crippen LogP contribution is -2.63. The number of carbonyl (C=O) groups is 3. The Hall–Kier alpha value is -1.57. The first-order chi connectivity index (χ1) is 14.5. The molecule has 3 fully saturated rings. The second kappa shape index (κ2) is 7.49. The number of Topliss-reactive ketones (excluding diaryl/α,β-unsaturated/α-hetero) is 1. The first kappa shape index (κ1) is 22.6. The molecule has 8 atom stereocenters. The lowest BCUT2D eigenvalue weighted by Gasteiger charge is -2.60. The van der Waals surface area contributed by atoms with Crippen LogP contribution >= 0.6 is 0 Å². The Labute approximate surface area is 182 Å². The molecule has 31 heavy (non-hydrogen) atoms. The quantitative estimate of drug-likeness (QED) is 0.576. The van der Waals surface area contributed by atoms with Gasteiger partial charge in [-0.05, 0) is 74.7 Å². The van der Waals surface area contributed by atoms with Crippen LogP contribution in [0.4, 0.5) is 0 Å². The normalized spacial score (nSPS) is 45.1. The molecule has 0 amide bonds. The van der Waals surface area contributed by atoms with Gasteiger partial charge in [0.05, 0.1) is 6.10 Å². The fourth-order valence-corrected chi connectivity index (χ4v) is 7.74. The van der Waals surface area contributed by atoms with Crippen molar-refractivity contribution in [3.05, 3.63) is 11.6 Å². The molecule has 172 valence electrons.